The van der Waals surface area contributed by atoms with Gasteiger partial charge in [0.05, 0.1) is 18.3 Å². The molecule has 0 aliphatic carbocycles. The molecule has 0 spiro atoms. The molecule has 1 fully saturated rings. The van der Waals surface area contributed by atoms with Crippen molar-refractivity contribution < 1.29 is 4.74 Å². The van der Waals surface area contributed by atoms with E-state index in [0.29, 0.717) is 12.0 Å². The number of nitrogens with zero attached hydrogens (tertiary/aromatic N) is 2. The molecule has 0 radical (unpaired) electrons. The standard InChI is InChI=1S/C14H23ClN2O/c1-3-13(4-2)17-7-5-12(16-17)9-11-10-18-8-6-14(11)15/h5,7,11,13-14H,3-4,6,8-10H2,1-2H3. The summed E-state index contributed by atoms with van der Waals surface area (Å²) in [5.74, 6) is 0.408. The monoisotopic (exact) mass is 270 g/mol. The predicted octanol–water partition coefficient (Wildman–Crippen LogP) is 3.43. The maximum absolute atomic E-state index is 6.34. The summed E-state index contributed by atoms with van der Waals surface area (Å²) >= 11 is 6.34. The third kappa shape index (κ3) is 3.27. The van der Waals surface area contributed by atoms with E-state index < -0.39 is 0 Å². The number of alkyl halides is 1. The fraction of sp³-hybridized carbons (Fsp3) is 0.786. The second-order valence-electron chi connectivity index (χ2n) is 5.10. The van der Waals surface area contributed by atoms with Gasteiger partial charge in [0.2, 0.25) is 0 Å². The summed E-state index contributed by atoms with van der Waals surface area (Å²) in [4.78, 5) is 0. The fourth-order valence-electron chi connectivity index (χ4n) is 2.58. The first kappa shape index (κ1) is 13.9. The van der Waals surface area contributed by atoms with Crippen LogP contribution in [0.2, 0.25) is 0 Å². The summed E-state index contributed by atoms with van der Waals surface area (Å²) < 4.78 is 7.60. The summed E-state index contributed by atoms with van der Waals surface area (Å²) in [6.07, 6.45) is 6.24. The van der Waals surface area contributed by atoms with Crippen molar-refractivity contribution in [2.75, 3.05) is 13.2 Å². The minimum Gasteiger partial charge on any atom is -0.381 e. The molecule has 0 N–H and O–H groups in total. The van der Waals surface area contributed by atoms with Crippen molar-refractivity contribution in [2.24, 2.45) is 5.92 Å². The highest BCUT2D eigenvalue weighted by Crippen LogP contribution is 2.24. The van der Waals surface area contributed by atoms with Gasteiger partial charge in [0.15, 0.2) is 0 Å². The Hall–Kier alpha value is -0.540. The van der Waals surface area contributed by atoms with Crippen LogP contribution in [0.25, 0.3) is 0 Å². The molecular formula is C14H23ClN2O. The number of hydrogen-bond acceptors (Lipinski definition) is 2. The van der Waals surface area contributed by atoms with Gasteiger partial charge in [0.25, 0.3) is 0 Å². The Morgan fingerprint density at radius 2 is 2.28 bits per heavy atom. The Morgan fingerprint density at radius 1 is 1.50 bits per heavy atom. The third-order valence-corrected chi connectivity index (χ3v) is 4.41. The smallest absolute Gasteiger partial charge is 0.0628 e. The van der Waals surface area contributed by atoms with Gasteiger partial charge in [-0.1, -0.05) is 13.8 Å². The van der Waals surface area contributed by atoms with Crippen LogP contribution in [-0.2, 0) is 11.2 Å². The molecule has 1 aromatic rings. The second-order valence-corrected chi connectivity index (χ2v) is 5.66. The van der Waals surface area contributed by atoms with Crippen molar-refractivity contribution in [3.63, 3.8) is 0 Å². The fourth-order valence-corrected chi connectivity index (χ4v) is 2.83. The van der Waals surface area contributed by atoms with E-state index in [4.69, 9.17) is 16.3 Å². The van der Waals surface area contributed by atoms with Crippen LogP contribution in [0.3, 0.4) is 0 Å². The number of ether oxygens (including phenoxy) is 1. The van der Waals surface area contributed by atoms with Crippen LogP contribution < -0.4 is 0 Å². The first-order chi connectivity index (χ1) is 8.74. The van der Waals surface area contributed by atoms with Crippen molar-refractivity contribution >= 4 is 11.6 Å². The van der Waals surface area contributed by atoms with E-state index in [-0.39, 0.29) is 5.38 Å². The first-order valence-corrected chi connectivity index (χ1v) is 7.44. The summed E-state index contributed by atoms with van der Waals surface area (Å²) in [5.41, 5.74) is 1.14. The van der Waals surface area contributed by atoms with Crippen LogP contribution in [0.15, 0.2) is 12.3 Å². The Bertz CT molecular complexity index is 362. The van der Waals surface area contributed by atoms with E-state index in [0.717, 1.165) is 44.6 Å². The summed E-state index contributed by atoms with van der Waals surface area (Å²) in [6, 6.07) is 2.64. The zero-order chi connectivity index (χ0) is 13.0. The van der Waals surface area contributed by atoms with Gasteiger partial charge in [-0.05, 0) is 31.7 Å². The molecule has 1 saturated heterocycles. The average molecular weight is 271 g/mol. The molecule has 1 aromatic heterocycles. The van der Waals surface area contributed by atoms with E-state index >= 15 is 0 Å². The molecule has 2 atom stereocenters. The Labute approximate surface area is 114 Å². The van der Waals surface area contributed by atoms with Crippen molar-refractivity contribution in [2.45, 2.75) is 50.9 Å². The van der Waals surface area contributed by atoms with Crippen molar-refractivity contribution in [1.82, 2.24) is 9.78 Å². The van der Waals surface area contributed by atoms with Crippen LogP contribution in [0, 0.1) is 5.92 Å². The number of halogens is 1. The summed E-state index contributed by atoms with van der Waals surface area (Å²) in [7, 11) is 0. The van der Waals surface area contributed by atoms with Gasteiger partial charge in [-0.2, -0.15) is 5.10 Å². The van der Waals surface area contributed by atoms with Gasteiger partial charge in [-0.25, -0.2) is 0 Å². The molecule has 0 saturated carbocycles. The second kappa shape index (κ2) is 6.58. The molecule has 0 aromatic carbocycles. The maximum Gasteiger partial charge on any atom is 0.0628 e. The zero-order valence-corrected chi connectivity index (χ0v) is 12.1. The molecule has 0 amide bonds. The molecule has 2 rings (SSSR count). The minimum absolute atomic E-state index is 0.233. The SMILES string of the molecule is CCC(CC)n1ccc(CC2COCCC2Cl)n1. The minimum atomic E-state index is 0.233. The van der Waals surface area contributed by atoms with E-state index in [1.807, 2.05) is 0 Å². The molecule has 0 bridgehead atoms. The molecule has 2 heterocycles. The van der Waals surface area contributed by atoms with Gasteiger partial charge in [-0.3, -0.25) is 4.68 Å². The van der Waals surface area contributed by atoms with Gasteiger partial charge < -0.3 is 4.74 Å². The topological polar surface area (TPSA) is 27.1 Å². The number of rotatable bonds is 5. The van der Waals surface area contributed by atoms with Crippen LogP contribution in [0.4, 0.5) is 0 Å². The van der Waals surface area contributed by atoms with E-state index in [1.54, 1.807) is 0 Å². The predicted molar refractivity (Wildman–Crippen MR) is 74.1 cm³/mol. The van der Waals surface area contributed by atoms with Crippen LogP contribution >= 0.6 is 11.6 Å². The molecule has 3 nitrogen and oxygen atoms in total. The zero-order valence-electron chi connectivity index (χ0n) is 11.3. The number of aromatic nitrogens is 2. The van der Waals surface area contributed by atoms with Crippen molar-refractivity contribution in [3.05, 3.63) is 18.0 Å². The summed E-state index contributed by atoms with van der Waals surface area (Å²) in [5, 5.41) is 4.92. The third-order valence-electron chi connectivity index (χ3n) is 3.83. The highest BCUT2D eigenvalue weighted by molar-refractivity contribution is 6.20. The van der Waals surface area contributed by atoms with E-state index in [1.165, 1.54) is 0 Å². The Morgan fingerprint density at radius 3 is 2.94 bits per heavy atom. The van der Waals surface area contributed by atoms with Crippen molar-refractivity contribution in [1.29, 1.82) is 0 Å². The van der Waals surface area contributed by atoms with Crippen LogP contribution in [-0.4, -0.2) is 28.4 Å². The van der Waals surface area contributed by atoms with E-state index in [9.17, 15) is 0 Å². The average Bonchev–Trinajstić information content (AvgIpc) is 2.82. The normalized spacial score (nSPS) is 24.7. The lowest BCUT2D eigenvalue weighted by Gasteiger charge is -2.26. The van der Waals surface area contributed by atoms with Gasteiger partial charge in [0.1, 0.15) is 0 Å². The molecule has 2 unspecified atom stereocenters. The quantitative estimate of drug-likeness (QED) is 0.767. The Kier molecular flexibility index (Phi) is 5.07. The highest BCUT2D eigenvalue weighted by Gasteiger charge is 2.24. The molecule has 18 heavy (non-hydrogen) atoms. The van der Waals surface area contributed by atoms with Crippen molar-refractivity contribution in [3.8, 4) is 0 Å². The van der Waals surface area contributed by atoms with Gasteiger partial charge in [0, 0.05) is 24.1 Å². The number of hydrogen-bond donors (Lipinski definition) is 0. The first-order valence-electron chi connectivity index (χ1n) is 7.00. The molecule has 4 heteroatoms. The van der Waals surface area contributed by atoms with Crippen LogP contribution in [0.5, 0.6) is 0 Å². The summed E-state index contributed by atoms with van der Waals surface area (Å²) in [6.45, 7) is 5.98. The van der Waals surface area contributed by atoms with E-state index in [2.05, 4.69) is 35.9 Å². The maximum atomic E-state index is 6.34. The van der Waals surface area contributed by atoms with Gasteiger partial charge in [-0.15, -0.1) is 11.6 Å². The molecule has 1 aliphatic rings. The highest BCUT2D eigenvalue weighted by atomic mass is 35.5. The lowest BCUT2D eigenvalue weighted by molar-refractivity contribution is 0.0574. The lowest BCUT2D eigenvalue weighted by atomic mass is 9.96. The molecular weight excluding hydrogens is 248 g/mol. The van der Waals surface area contributed by atoms with Crippen LogP contribution in [0.1, 0.15) is 44.8 Å². The Balaban J connectivity index is 1.97. The van der Waals surface area contributed by atoms with Gasteiger partial charge >= 0.3 is 0 Å². The molecule has 102 valence electrons. The largest absolute Gasteiger partial charge is 0.381 e. The molecule has 1 aliphatic heterocycles. The lowest BCUT2D eigenvalue weighted by Crippen LogP contribution is -2.29.